The van der Waals surface area contributed by atoms with Gasteiger partial charge in [0.15, 0.2) is 6.29 Å². The van der Waals surface area contributed by atoms with Crippen molar-refractivity contribution in [3.05, 3.63) is 0 Å². The second kappa shape index (κ2) is 6.82. The number of aliphatic hydroxyl groups excluding tert-OH is 4. The lowest BCUT2D eigenvalue weighted by atomic mass is 9.84. The first-order valence-corrected chi connectivity index (χ1v) is 7.04. The van der Waals surface area contributed by atoms with Gasteiger partial charge in [0, 0.05) is 12.1 Å². The Hall–Kier alpha value is -0.360. The predicted octanol–water partition coefficient (Wildman–Crippen LogP) is -4.18. The summed E-state index contributed by atoms with van der Waals surface area (Å²) >= 11 is 0. The van der Waals surface area contributed by atoms with Gasteiger partial charge in [-0.05, 0) is 13.5 Å². The summed E-state index contributed by atoms with van der Waals surface area (Å²) in [4.78, 5) is 0. The van der Waals surface area contributed by atoms with Gasteiger partial charge in [-0.15, -0.1) is 0 Å². The third-order valence-electron chi connectivity index (χ3n) is 4.21. The van der Waals surface area contributed by atoms with Crippen LogP contribution in [0, 0.1) is 0 Å². The van der Waals surface area contributed by atoms with E-state index in [9.17, 15) is 20.4 Å². The molecule has 9 N–H and O–H groups in total. The summed E-state index contributed by atoms with van der Waals surface area (Å²) in [5.74, 6) is 0. The van der Waals surface area contributed by atoms with Crippen molar-refractivity contribution in [1.82, 2.24) is 5.32 Å². The maximum absolute atomic E-state index is 10.1. The molecule has 0 aromatic heterocycles. The Morgan fingerprint density at radius 1 is 1.05 bits per heavy atom. The van der Waals surface area contributed by atoms with E-state index < -0.39 is 54.9 Å². The van der Waals surface area contributed by atoms with Crippen molar-refractivity contribution in [2.45, 2.75) is 61.4 Å². The van der Waals surface area contributed by atoms with Gasteiger partial charge in [0.05, 0.1) is 24.9 Å². The van der Waals surface area contributed by atoms with E-state index in [4.69, 9.17) is 20.9 Å². The number of rotatable bonds is 3. The van der Waals surface area contributed by atoms with Crippen LogP contribution in [-0.2, 0) is 9.47 Å². The molecule has 0 radical (unpaired) electrons. The first-order valence-electron chi connectivity index (χ1n) is 7.04. The minimum Gasteiger partial charge on any atom is -0.389 e. The van der Waals surface area contributed by atoms with E-state index in [1.807, 2.05) is 0 Å². The van der Waals surface area contributed by atoms with Gasteiger partial charge in [0.1, 0.15) is 18.3 Å². The molecular formula is C12H25N3O6. The Morgan fingerprint density at radius 2 is 1.71 bits per heavy atom. The third kappa shape index (κ3) is 3.36. The zero-order valence-electron chi connectivity index (χ0n) is 11.9. The molecule has 0 aromatic rings. The molecule has 1 heterocycles. The van der Waals surface area contributed by atoms with E-state index >= 15 is 0 Å². The largest absolute Gasteiger partial charge is 0.389 e. The number of nitrogens with one attached hydrogen (secondary N) is 1. The fraction of sp³-hybridized carbons (Fsp3) is 1.00. The molecule has 9 atom stereocenters. The molecule has 1 saturated heterocycles. The zero-order chi connectivity index (χ0) is 15.7. The highest BCUT2D eigenvalue weighted by atomic mass is 16.7. The Labute approximate surface area is 122 Å². The zero-order valence-corrected chi connectivity index (χ0v) is 11.9. The SMILES string of the molecule is CNC1C(O)COC(OC2C(N)CC(N)C(O)C2O)C1O. The Kier molecular flexibility index (Phi) is 5.52. The van der Waals surface area contributed by atoms with Crippen LogP contribution in [0.15, 0.2) is 0 Å². The fourth-order valence-corrected chi connectivity index (χ4v) is 2.90. The Balaban J connectivity index is 2.03. The van der Waals surface area contributed by atoms with Gasteiger partial charge in [-0.25, -0.2) is 0 Å². The van der Waals surface area contributed by atoms with Crippen LogP contribution in [0.5, 0.6) is 0 Å². The summed E-state index contributed by atoms with van der Waals surface area (Å²) in [7, 11) is 1.60. The summed E-state index contributed by atoms with van der Waals surface area (Å²) in [6.45, 7) is -0.0205. The summed E-state index contributed by atoms with van der Waals surface area (Å²) in [6.07, 6.45) is -6.10. The van der Waals surface area contributed by atoms with Gasteiger partial charge in [-0.1, -0.05) is 0 Å². The average Bonchev–Trinajstić information content (AvgIpc) is 2.44. The van der Waals surface area contributed by atoms with Crippen LogP contribution >= 0.6 is 0 Å². The van der Waals surface area contributed by atoms with Gasteiger partial charge in [-0.2, -0.15) is 0 Å². The van der Waals surface area contributed by atoms with Crippen molar-refractivity contribution in [2.24, 2.45) is 11.5 Å². The number of aliphatic hydroxyl groups is 4. The monoisotopic (exact) mass is 307 g/mol. The Morgan fingerprint density at radius 3 is 2.33 bits per heavy atom. The molecule has 0 aromatic carbocycles. The molecule has 9 unspecified atom stereocenters. The van der Waals surface area contributed by atoms with Crippen LogP contribution in [0.1, 0.15) is 6.42 Å². The second-order valence-corrected chi connectivity index (χ2v) is 5.72. The number of hydrogen-bond acceptors (Lipinski definition) is 9. The standard InChI is InChI=1S/C12H25N3O6/c1-15-7-6(16)3-20-12(9(7)18)21-11-5(14)2-4(13)8(17)10(11)19/h4-12,15-19H,2-3,13-14H2,1H3. The maximum Gasteiger partial charge on any atom is 0.185 e. The van der Waals surface area contributed by atoms with Crippen LogP contribution in [0.2, 0.25) is 0 Å². The first-order chi connectivity index (χ1) is 9.86. The number of nitrogens with two attached hydrogens (primary N) is 2. The molecule has 1 aliphatic heterocycles. The van der Waals surface area contributed by atoms with E-state index in [0.29, 0.717) is 0 Å². The van der Waals surface area contributed by atoms with Crippen molar-refractivity contribution in [3.63, 3.8) is 0 Å². The molecule has 21 heavy (non-hydrogen) atoms. The number of ether oxygens (including phenoxy) is 2. The minimum absolute atomic E-state index is 0.0205. The highest BCUT2D eigenvalue weighted by Crippen LogP contribution is 2.25. The summed E-state index contributed by atoms with van der Waals surface area (Å²) < 4.78 is 10.8. The maximum atomic E-state index is 10.1. The van der Waals surface area contributed by atoms with E-state index in [2.05, 4.69) is 5.32 Å². The molecule has 2 aliphatic rings. The molecule has 9 heteroatoms. The lowest BCUT2D eigenvalue weighted by Crippen LogP contribution is -2.65. The summed E-state index contributed by atoms with van der Waals surface area (Å²) in [5, 5.41) is 42.5. The quantitative estimate of drug-likeness (QED) is 0.274. The first kappa shape index (κ1) is 17.0. The fourth-order valence-electron chi connectivity index (χ4n) is 2.90. The van der Waals surface area contributed by atoms with Crippen molar-refractivity contribution < 1.29 is 29.9 Å². The molecule has 124 valence electrons. The van der Waals surface area contributed by atoms with Gasteiger partial charge in [-0.3, -0.25) is 0 Å². The molecule has 9 nitrogen and oxygen atoms in total. The van der Waals surface area contributed by atoms with Gasteiger partial charge >= 0.3 is 0 Å². The van der Waals surface area contributed by atoms with Crippen molar-refractivity contribution >= 4 is 0 Å². The summed E-state index contributed by atoms with van der Waals surface area (Å²) in [5.41, 5.74) is 11.6. The van der Waals surface area contributed by atoms with Crippen molar-refractivity contribution in [2.75, 3.05) is 13.7 Å². The highest BCUT2D eigenvalue weighted by molar-refractivity contribution is 4.98. The van der Waals surface area contributed by atoms with Gasteiger partial charge in [0.2, 0.25) is 0 Å². The van der Waals surface area contributed by atoms with Crippen LogP contribution in [0.4, 0.5) is 0 Å². The van der Waals surface area contributed by atoms with Crippen LogP contribution < -0.4 is 16.8 Å². The predicted molar refractivity (Wildman–Crippen MR) is 72.1 cm³/mol. The van der Waals surface area contributed by atoms with Crippen LogP contribution in [-0.4, -0.2) is 89.0 Å². The Bertz CT molecular complexity index is 349. The molecule has 1 saturated carbocycles. The minimum atomic E-state index is -1.26. The lowest BCUT2D eigenvalue weighted by molar-refractivity contribution is -0.281. The molecule has 2 rings (SSSR count). The number of likely N-dealkylation sites (N-methyl/N-ethyl adjacent to an activating group) is 1. The normalized spacial score (nSPS) is 51.9. The molecule has 0 spiro atoms. The van der Waals surface area contributed by atoms with Gasteiger partial charge in [0.25, 0.3) is 0 Å². The molecular weight excluding hydrogens is 282 g/mol. The average molecular weight is 307 g/mol. The van der Waals surface area contributed by atoms with E-state index in [0.717, 1.165) is 0 Å². The smallest absolute Gasteiger partial charge is 0.185 e. The van der Waals surface area contributed by atoms with E-state index in [1.54, 1.807) is 7.05 Å². The van der Waals surface area contributed by atoms with Gasteiger partial charge < -0.3 is 46.7 Å². The summed E-state index contributed by atoms with van der Waals surface area (Å²) in [6, 6.07) is -1.83. The van der Waals surface area contributed by atoms with Crippen molar-refractivity contribution in [1.29, 1.82) is 0 Å². The van der Waals surface area contributed by atoms with Crippen molar-refractivity contribution in [3.8, 4) is 0 Å². The molecule has 0 bridgehead atoms. The molecule has 1 aliphatic carbocycles. The molecule has 0 amide bonds. The third-order valence-corrected chi connectivity index (χ3v) is 4.21. The number of hydrogen-bond donors (Lipinski definition) is 7. The van der Waals surface area contributed by atoms with E-state index in [1.165, 1.54) is 0 Å². The van der Waals surface area contributed by atoms with E-state index in [-0.39, 0.29) is 13.0 Å². The second-order valence-electron chi connectivity index (χ2n) is 5.72. The van der Waals surface area contributed by atoms with Crippen LogP contribution in [0.3, 0.4) is 0 Å². The molecule has 2 fully saturated rings. The topological polar surface area (TPSA) is 163 Å². The lowest BCUT2D eigenvalue weighted by Gasteiger charge is -2.44. The highest BCUT2D eigenvalue weighted by Gasteiger charge is 2.46. The van der Waals surface area contributed by atoms with Crippen LogP contribution in [0.25, 0.3) is 0 Å².